The number of carboxylic acids is 1. The maximum atomic E-state index is 10.8. The van der Waals surface area contributed by atoms with E-state index < -0.39 is 11.9 Å². The van der Waals surface area contributed by atoms with Crippen molar-refractivity contribution in [3.05, 3.63) is 27.3 Å². The van der Waals surface area contributed by atoms with Crippen molar-refractivity contribution in [2.75, 3.05) is 6.61 Å². The first kappa shape index (κ1) is 8.80. The molecule has 1 aliphatic rings. The number of aliphatic carboxylic acids is 1. The number of hydrogen-bond acceptors (Lipinski definition) is 2. The molecule has 1 heterocycles. The van der Waals surface area contributed by atoms with E-state index in [-0.39, 0.29) is 6.61 Å². The van der Waals surface area contributed by atoms with E-state index in [2.05, 4.69) is 22.6 Å². The van der Waals surface area contributed by atoms with Crippen LogP contribution in [-0.2, 0) is 4.79 Å². The fourth-order valence-electron chi connectivity index (χ4n) is 1.39. The molecule has 3 nitrogen and oxygen atoms in total. The highest BCUT2D eigenvalue weighted by atomic mass is 127. The fourth-order valence-corrected chi connectivity index (χ4v) is 1.91. The predicted molar refractivity (Wildman–Crippen MR) is 55.0 cm³/mol. The van der Waals surface area contributed by atoms with E-state index in [1.807, 2.05) is 18.2 Å². The van der Waals surface area contributed by atoms with Crippen molar-refractivity contribution in [1.82, 2.24) is 0 Å². The highest BCUT2D eigenvalue weighted by Crippen LogP contribution is 2.34. The summed E-state index contributed by atoms with van der Waals surface area (Å²) in [5, 5.41) is 8.87. The number of fused-ring (bicyclic) bond motifs is 1. The first-order chi connectivity index (χ1) is 6.18. The number of ether oxygens (including phenoxy) is 1. The van der Waals surface area contributed by atoms with Crippen LogP contribution in [0, 0.1) is 3.57 Å². The van der Waals surface area contributed by atoms with E-state index in [4.69, 9.17) is 9.84 Å². The Kier molecular flexibility index (Phi) is 2.15. The van der Waals surface area contributed by atoms with Gasteiger partial charge < -0.3 is 9.84 Å². The molecule has 1 aromatic carbocycles. The molecule has 1 atom stereocenters. The summed E-state index contributed by atoms with van der Waals surface area (Å²) in [6.45, 7) is 0.255. The molecule has 0 aromatic heterocycles. The van der Waals surface area contributed by atoms with E-state index >= 15 is 0 Å². The van der Waals surface area contributed by atoms with Crippen molar-refractivity contribution in [3.63, 3.8) is 0 Å². The van der Waals surface area contributed by atoms with Gasteiger partial charge in [0.2, 0.25) is 0 Å². The van der Waals surface area contributed by atoms with Gasteiger partial charge in [-0.2, -0.15) is 0 Å². The predicted octanol–water partition coefficient (Wildman–Crippen LogP) is 1.85. The lowest BCUT2D eigenvalue weighted by Crippen LogP contribution is -2.12. The van der Waals surface area contributed by atoms with Gasteiger partial charge in [-0.1, -0.05) is 0 Å². The molecule has 0 saturated heterocycles. The van der Waals surface area contributed by atoms with Crippen molar-refractivity contribution >= 4 is 28.6 Å². The quantitative estimate of drug-likeness (QED) is 0.803. The van der Waals surface area contributed by atoms with Gasteiger partial charge >= 0.3 is 5.97 Å². The number of carbonyl (C=O) groups is 1. The summed E-state index contributed by atoms with van der Waals surface area (Å²) in [5.41, 5.74) is 0.791. The smallest absolute Gasteiger partial charge is 0.314 e. The first-order valence-corrected chi connectivity index (χ1v) is 4.91. The highest BCUT2D eigenvalue weighted by Gasteiger charge is 2.29. The van der Waals surface area contributed by atoms with E-state index in [1.54, 1.807) is 0 Å². The Bertz CT molecular complexity index is 362. The monoisotopic (exact) mass is 290 g/mol. The van der Waals surface area contributed by atoms with Crippen LogP contribution in [0.3, 0.4) is 0 Å². The number of halogens is 1. The molecule has 1 aliphatic heterocycles. The zero-order valence-electron chi connectivity index (χ0n) is 6.66. The van der Waals surface area contributed by atoms with Crippen LogP contribution in [0.2, 0.25) is 0 Å². The molecule has 0 aliphatic carbocycles. The average molecular weight is 290 g/mol. The van der Waals surface area contributed by atoms with Gasteiger partial charge in [0.1, 0.15) is 18.3 Å². The second-order valence-electron chi connectivity index (χ2n) is 2.88. The molecular weight excluding hydrogens is 283 g/mol. The minimum atomic E-state index is -0.819. The summed E-state index contributed by atoms with van der Waals surface area (Å²) in [6, 6.07) is 5.59. The molecule has 4 heteroatoms. The highest BCUT2D eigenvalue weighted by molar-refractivity contribution is 14.1. The second kappa shape index (κ2) is 3.17. The summed E-state index contributed by atoms with van der Waals surface area (Å²) in [4.78, 5) is 10.8. The number of rotatable bonds is 1. The zero-order chi connectivity index (χ0) is 9.42. The van der Waals surface area contributed by atoms with Gasteiger partial charge in [0.25, 0.3) is 0 Å². The van der Waals surface area contributed by atoms with Crippen LogP contribution in [0.15, 0.2) is 18.2 Å². The molecular formula is C9H7IO3. The first-order valence-electron chi connectivity index (χ1n) is 3.83. The summed E-state index contributed by atoms with van der Waals surface area (Å²) in [5.74, 6) is -0.613. The summed E-state index contributed by atoms with van der Waals surface area (Å²) in [6.07, 6.45) is 0. The fraction of sp³-hybridized carbons (Fsp3) is 0.222. The van der Waals surface area contributed by atoms with Crippen LogP contribution in [0.4, 0.5) is 0 Å². The summed E-state index contributed by atoms with van der Waals surface area (Å²) >= 11 is 2.16. The lowest BCUT2D eigenvalue weighted by atomic mass is 10.0. The van der Waals surface area contributed by atoms with Gasteiger partial charge in [-0.3, -0.25) is 4.79 Å². The third kappa shape index (κ3) is 1.50. The van der Waals surface area contributed by atoms with Gasteiger partial charge in [0.05, 0.1) is 0 Å². The minimum Gasteiger partial charge on any atom is -0.492 e. The third-order valence-corrected chi connectivity index (χ3v) is 2.72. The number of benzene rings is 1. The van der Waals surface area contributed by atoms with Gasteiger partial charge in [-0.05, 0) is 40.8 Å². The average Bonchev–Trinajstić information content (AvgIpc) is 2.46. The Morgan fingerprint density at radius 2 is 2.38 bits per heavy atom. The standard InChI is InChI=1S/C9H7IO3/c10-5-1-2-8-6(3-5)7(4-13-8)9(11)12/h1-3,7H,4H2,(H,11,12). The molecule has 0 bridgehead atoms. The third-order valence-electron chi connectivity index (χ3n) is 2.05. The lowest BCUT2D eigenvalue weighted by molar-refractivity contribution is -0.138. The van der Waals surface area contributed by atoms with Crippen molar-refractivity contribution < 1.29 is 14.6 Å². The zero-order valence-corrected chi connectivity index (χ0v) is 8.82. The van der Waals surface area contributed by atoms with Crippen molar-refractivity contribution in [2.24, 2.45) is 0 Å². The summed E-state index contributed by atoms with van der Waals surface area (Å²) in [7, 11) is 0. The van der Waals surface area contributed by atoms with E-state index in [0.29, 0.717) is 5.75 Å². The normalized spacial score (nSPS) is 19.3. The molecule has 2 rings (SSSR count). The van der Waals surface area contributed by atoms with Gasteiger partial charge in [0, 0.05) is 9.13 Å². The SMILES string of the molecule is O=C(O)C1COc2ccc(I)cc21. The van der Waals surface area contributed by atoms with Gasteiger partial charge in [-0.25, -0.2) is 0 Å². The number of hydrogen-bond donors (Lipinski definition) is 1. The maximum absolute atomic E-state index is 10.8. The Labute approximate surface area is 88.9 Å². The molecule has 1 N–H and O–H groups in total. The van der Waals surface area contributed by atoms with Crippen LogP contribution in [0.5, 0.6) is 5.75 Å². The topological polar surface area (TPSA) is 46.5 Å². The molecule has 0 amide bonds. The molecule has 0 spiro atoms. The van der Waals surface area contributed by atoms with Gasteiger partial charge in [0.15, 0.2) is 0 Å². The second-order valence-corrected chi connectivity index (χ2v) is 4.13. The van der Waals surface area contributed by atoms with Crippen LogP contribution in [-0.4, -0.2) is 17.7 Å². The van der Waals surface area contributed by atoms with Crippen molar-refractivity contribution in [2.45, 2.75) is 5.92 Å². The molecule has 0 fully saturated rings. The van der Waals surface area contributed by atoms with E-state index in [9.17, 15) is 4.79 Å². The largest absolute Gasteiger partial charge is 0.492 e. The minimum absolute atomic E-state index is 0.255. The molecule has 0 saturated carbocycles. The van der Waals surface area contributed by atoms with Crippen molar-refractivity contribution in [1.29, 1.82) is 0 Å². The lowest BCUT2D eigenvalue weighted by Gasteiger charge is -2.01. The molecule has 0 radical (unpaired) electrons. The van der Waals surface area contributed by atoms with Crippen LogP contribution < -0.4 is 4.74 Å². The van der Waals surface area contributed by atoms with Crippen LogP contribution in [0.25, 0.3) is 0 Å². The Balaban J connectivity index is 2.46. The van der Waals surface area contributed by atoms with Crippen LogP contribution >= 0.6 is 22.6 Å². The molecule has 13 heavy (non-hydrogen) atoms. The Morgan fingerprint density at radius 1 is 1.62 bits per heavy atom. The Morgan fingerprint density at radius 3 is 3.08 bits per heavy atom. The van der Waals surface area contributed by atoms with Crippen molar-refractivity contribution in [3.8, 4) is 5.75 Å². The summed E-state index contributed by atoms with van der Waals surface area (Å²) < 4.78 is 6.28. The maximum Gasteiger partial charge on any atom is 0.314 e. The molecule has 68 valence electrons. The Hall–Kier alpha value is -0.780. The van der Waals surface area contributed by atoms with Crippen LogP contribution in [0.1, 0.15) is 11.5 Å². The van der Waals surface area contributed by atoms with E-state index in [1.165, 1.54) is 0 Å². The molecule has 1 unspecified atom stereocenters. The number of carboxylic acid groups (broad SMARTS) is 1. The molecule has 1 aromatic rings. The van der Waals surface area contributed by atoms with E-state index in [0.717, 1.165) is 9.13 Å². The van der Waals surface area contributed by atoms with Gasteiger partial charge in [-0.15, -0.1) is 0 Å².